The predicted octanol–water partition coefficient (Wildman–Crippen LogP) is 3.89. The summed E-state index contributed by atoms with van der Waals surface area (Å²) in [5, 5.41) is 4.98. The van der Waals surface area contributed by atoms with Crippen LogP contribution in [0.3, 0.4) is 0 Å². The number of hydrogen-bond acceptors (Lipinski definition) is 5. The van der Waals surface area contributed by atoms with Gasteiger partial charge in [0.2, 0.25) is 11.8 Å². The minimum atomic E-state index is -0.191. The summed E-state index contributed by atoms with van der Waals surface area (Å²) in [6.45, 7) is 3.71. The van der Waals surface area contributed by atoms with E-state index in [1.807, 2.05) is 29.2 Å². The van der Waals surface area contributed by atoms with Crippen molar-refractivity contribution < 1.29 is 14.3 Å². The molecule has 1 spiro atoms. The van der Waals surface area contributed by atoms with Crippen molar-refractivity contribution in [1.82, 2.24) is 4.90 Å². The molecule has 4 rings (SSSR count). The van der Waals surface area contributed by atoms with E-state index in [1.54, 1.807) is 11.3 Å². The van der Waals surface area contributed by atoms with Crippen molar-refractivity contribution in [2.45, 2.75) is 36.7 Å². The summed E-state index contributed by atoms with van der Waals surface area (Å²) in [6, 6.07) is 9.80. The Labute approximate surface area is 173 Å². The van der Waals surface area contributed by atoms with Gasteiger partial charge < -0.3 is 15.0 Å². The molecule has 0 aliphatic carbocycles. The first-order chi connectivity index (χ1) is 13.6. The summed E-state index contributed by atoms with van der Waals surface area (Å²) < 4.78 is 6.23. The third kappa shape index (κ3) is 3.97. The van der Waals surface area contributed by atoms with Gasteiger partial charge in [0.1, 0.15) is 5.60 Å². The summed E-state index contributed by atoms with van der Waals surface area (Å²) in [5.74, 6) is 0.398. The van der Waals surface area contributed by atoms with Crippen LogP contribution in [0.15, 0.2) is 40.6 Å². The van der Waals surface area contributed by atoms with Gasteiger partial charge in [0.05, 0.1) is 18.0 Å². The molecule has 1 N–H and O–H groups in total. The van der Waals surface area contributed by atoms with Crippen molar-refractivity contribution in [3.8, 4) is 0 Å². The number of rotatable bonds is 4. The largest absolute Gasteiger partial charge is 0.369 e. The Morgan fingerprint density at radius 1 is 1.25 bits per heavy atom. The molecule has 1 aromatic heterocycles. The van der Waals surface area contributed by atoms with Gasteiger partial charge in [-0.25, -0.2) is 0 Å². The van der Waals surface area contributed by atoms with E-state index < -0.39 is 0 Å². The smallest absolute Gasteiger partial charge is 0.232 e. The molecule has 2 amide bonds. The second-order valence-corrected chi connectivity index (χ2v) is 9.15. The van der Waals surface area contributed by atoms with Crippen LogP contribution >= 0.6 is 23.1 Å². The van der Waals surface area contributed by atoms with Crippen LogP contribution in [-0.4, -0.2) is 42.2 Å². The summed E-state index contributed by atoms with van der Waals surface area (Å²) >= 11 is 3.26. The third-order valence-corrected chi connectivity index (χ3v) is 7.58. The highest BCUT2D eigenvalue weighted by molar-refractivity contribution is 8.00. The number of fused-ring (bicyclic) bond motifs is 2. The molecular weight excluding hydrogens is 392 g/mol. The van der Waals surface area contributed by atoms with Crippen LogP contribution in [0.25, 0.3) is 0 Å². The molecule has 0 radical (unpaired) electrons. The molecule has 0 atom stereocenters. The zero-order chi connectivity index (χ0) is 19.6. The number of benzene rings is 1. The molecule has 2 aliphatic rings. The Hall–Kier alpha value is -1.83. The number of carbonyl (C=O) groups is 2. The molecule has 5 nitrogen and oxygen atoms in total. The van der Waals surface area contributed by atoms with Crippen molar-refractivity contribution >= 4 is 40.6 Å². The molecular formula is C21H24N2O3S2. The maximum atomic E-state index is 12.8. The maximum absolute atomic E-state index is 12.8. The maximum Gasteiger partial charge on any atom is 0.232 e. The molecule has 148 valence electrons. The number of ether oxygens (including phenoxy) is 1. The normalized spacial score (nSPS) is 18.0. The molecule has 3 heterocycles. The molecule has 0 saturated carbocycles. The van der Waals surface area contributed by atoms with Crippen molar-refractivity contribution in [1.29, 1.82) is 0 Å². The SMILES string of the molecule is CC(=O)Nc1ccccc1SCC(=O)N1CCC2(CC1)OCCc1ccsc12. The molecule has 28 heavy (non-hydrogen) atoms. The average Bonchev–Trinajstić information content (AvgIpc) is 3.18. The number of nitrogens with zero attached hydrogens (tertiary/aromatic N) is 1. The number of likely N-dealkylation sites (tertiary alicyclic amines) is 1. The zero-order valence-corrected chi connectivity index (χ0v) is 17.5. The Morgan fingerprint density at radius 2 is 2.04 bits per heavy atom. The molecule has 7 heteroatoms. The highest BCUT2D eigenvalue weighted by Crippen LogP contribution is 2.44. The van der Waals surface area contributed by atoms with Crippen LogP contribution in [0.2, 0.25) is 0 Å². The molecule has 2 aliphatic heterocycles. The van der Waals surface area contributed by atoms with Crippen LogP contribution in [-0.2, 0) is 26.3 Å². The minimum Gasteiger partial charge on any atom is -0.369 e. The predicted molar refractivity (Wildman–Crippen MR) is 113 cm³/mol. The van der Waals surface area contributed by atoms with Gasteiger partial charge in [-0.2, -0.15) is 0 Å². The van der Waals surface area contributed by atoms with E-state index in [2.05, 4.69) is 16.8 Å². The lowest BCUT2D eigenvalue weighted by Gasteiger charge is -2.43. The first kappa shape index (κ1) is 19.5. The van der Waals surface area contributed by atoms with Crippen LogP contribution in [0.5, 0.6) is 0 Å². The monoisotopic (exact) mass is 416 g/mol. The van der Waals surface area contributed by atoms with Gasteiger partial charge >= 0.3 is 0 Å². The number of thioether (sulfide) groups is 1. The van der Waals surface area contributed by atoms with E-state index in [0.29, 0.717) is 5.75 Å². The lowest BCUT2D eigenvalue weighted by Crippen LogP contribution is -2.48. The fraction of sp³-hybridized carbons (Fsp3) is 0.429. The molecule has 1 fully saturated rings. The lowest BCUT2D eigenvalue weighted by atomic mass is 9.85. The molecule has 0 bridgehead atoms. The molecule has 1 aromatic carbocycles. The first-order valence-electron chi connectivity index (χ1n) is 9.55. The third-order valence-electron chi connectivity index (χ3n) is 5.38. The van der Waals surface area contributed by atoms with E-state index in [4.69, 9.17) is 4.74 Å². The van der Waals surface area contributed by atoms with Gasteiger partial charge in [0.15, 0.2) is 0 Å². The van der Waals surface area contributed by atoms with Crippen LogP contribution < -0.4 is 5.32 Å². The second-order valence-electron chi connectivity index (χ2n) is 7.21. The Bertz CT molecular complexity index is 872. The first-order valence-corrected chi connectivity index (χ1v) is 11.4. The quantitative estimate of drug-likeness (QED) is 0.769. The molecule has 2 aromatic rings. The number of thiophene rings is 1. The number of amides is 2. The van der Waals surface area contributed by atoms with Gasteiger partial charge in [-0.3, -0.25) is 9.59 Å². The fourth-order valence-corrected chi connectivity index (χ4v) is 6.04. The second kappa shape index (κ2) is 8.27. The fourth-order valence-electron chi connectivity index (χ4n) is 3.96. The summed E-state index contributed by atoms with van der Waals surface area (Å²) in [7, 11) is 0. The summed E-state index contributed by atoms with van der Waals surface area (Å²) in [4.78, 5) is 28.3. The van der Waals surface area contributed by atoms with Gasteiger partial charge in [0.25, 0.3) is 0 Å². The van der Waals surface area contributed by atoms with Crippen molar-refractivity contribution in [2.24, 2.45) is 0 Å². The molecule has 0 unspecified atom stereocenters. The Morgan fingerprint density at radius 3 is 2.82 bits per heavy atom. The van der Waals surface area contributed by atoms with Gasteiger partial charge in [-0.1, -0.05) is 12.1 Å². The van der Waals surface area contributed by atoms with Gasteiger partial charge in [-0.15, -0.1) is 23.1 Å². The summed E-state index contributed by atoms with van der Waals surface area (Å²) in [5.41, 5.74) is 1.98. The van der Waals surface area contributed by atoms with E-state index in [0.717, 1.165) is 49.5 Å². The van der Waals surface area contributed by atoms with E-state index in [1.165, 1.54) is 29.1 Å². The number of para-hydroxylation sites is 1. The topological polar surface area (TPSA) is 58.6 Å². The number of piperidine rings is 1. The average molecular weight is 417 g/mol. The number of carbonyl (C=O) groups excluding carboxylic acids is 2. The number of nitrogens with one attached hydrogen (secondary N) is 1. The molecule has 1 saturated heterocycles. The van der Waals surface area contributed by atoms with Crippen molar-refractivity contribution in [3.63, 3.8) is 0 Å². The lowest BCUT2D eigenvalue weighted by molar-refractivity contribution is -0.137. The van der Waals surface area contributed by atoms with Gasteiger partial charge in [-0.05, 0) is 48.4 Å². The zero-order valence-electron chi connectivity index (χ0n) is 15.9. The van der Waals surface area contributed by atoms with Crippen LogP contribution in [0, 0.1) is 0 Å². The van der Waals surface area contributed by atoms with Crippen molar-refractivity contribution in [3.05, 3.63) is 46.2 Å². The Balaban J connectivity index is 1.35. The van der Waals surface area contributed by atoms with E-state index >= 15 is 0 Å². The van der Waals surface area contributed by atoms with Crippen LogP contribution in [0.1, 0.15) is 30.2 Å². The highest BCUT2D eigenvalue weighted by Gasteiger charge is 2.42. The van der Waals surface area contributed by atoms with E-state index in [-0.39, 0.29) is 17.4 Å². The summed E-state index contributed by atoms with van der Waals surface area (Å²) in [6.07, 6.45) is 2.71. The highest BCUT2D eigenvalue weighted by atomic mass is 32.2. The number of anilines is 1. The van der Waals surface area contributed by atoms with Crippen LogP contribution in [0.4, 0.5) is 5.69 Å². The standard InChI is InChI=1S/C21H24N2O3S2/c1-15(24)22-17-4-2-3-5-18(17)28-14-19(25)23-10-8-21(9-11-23)20-16(6-12-26-21)7-13-27-20/h2-5,7,13H,6,8-12,14H2,1H3,(H,22,24). The number of hydrogen-bond donors (Lipinski definition) is 1. The minimum absolute atomic E-state index is 0.110. The van der Waals surface area contributed by atoms with E-state index in [9.17, 15) is 9.59 Å². The Kier molecular flexibility index (Phi) is 5.75. The van der Waals surface area contributed by atoms with Gasteiger partial charge in [0, 0.05) is 29.8 Å². The van der Waals surface area contributed by atoms with Crippen molar-refractivity contribution in [2.75, 3.05) is 30.8 Å².